The Hall–Kier alpha value is 0.557. The van der Waals surface area contributed by atoms with Gasteiger partial charge in [-0.2, -0.15) is 0 Å². The average molecular weight is 119 g/mol. The third kappa shape index (κ3) is 3.30. The van der Waals surface area contributed by atoms with Crippen molar-refractivity contribution in [2.45, 2.75) is 20.3 Å². The predicted octanol–water partition coefficient (Wildman–Crippen LogP) is -0.960. The fourth-order valence-corrected chi connectivity index (χ4v) is 1.35. The van der Waals surface area contributed by atoms with Crippen molar-refractivity contribution in [3.05, 3.63) is 5.32 Å². The first-order chi connectivity index (χ1) is 3.79. The Kier molecular flexibility index (Phi) is 4.66. The second kappa shape index (κ2) is 4.39. The van der Waals surface area contributed by atoms with Gasteiger partial charge in [-0.25, -0.2) is 0 Å². The van der Waals surface area contributed by atoms with Crippen LogP contribution in [0.4, 0.5) is 0 Å². The van der Waals surface area contributed by atoms with E-state index in [1.165, 1.54) is 6.42 Å². The van der Waals surface area contributed by atoms with Crippen molar-refractivity contribution in [1.82, 2.24) is 0 Å². The first-order valence-electron chi connectivity index (χ1n) is 3.42. The van der Waals surface area contributed by atoms with Gasteiger partial charge in [-0.05, 0) is 0 Å². The van der Waals surface area contributed by atoms with Gasteiger partial charge in [-0.1, -0.05) is 32.1 Å². The van der Waals surface area contributed by atoms with Gasteiger partial charge in [0.05, 0.1) is 0 Å². The van der Waals surface area contributed by atoms with Crippen molar-refractivity contribution >= 4 is 0 Å². The third-order valence-electron chi connectivity index (χ3n) is 1.69. The number of hydrogen-bond acceptors (Lipinski definition) is 0. The summed E-state index contributed by atoms with van der Waals surface area (Å²) in [7, 11) is 0. The molecule has 0 aliphatic carbocycles. The summed E-state index contributed by atoms with van der Waals surface area (Å²) >= 11 is 0. The van der Waals surface area contributed by atoms with Crippen molar-refractivity contribution in [3.63, 3.8) is 0 Å². The van der Waals surface area contributed by atoms with Crippen molar-refractivity contribution in [2.75, 3.05) is 13.1 Å². The fourth-order valence-electron chi connectivity index (χ4n) is 1.35. The van der Waals surface area contributed by atoms with Crippen LogP contribution in [-0.4, -0.2) is 13.1 Å². The first kappa shape index (κ1) is 9.56. The molecule has 0 aromatic rings. The Morgan fingerprint density at radius 3 is 1.78 bits per heavy atom. The quantitative estimate of drug-likeness (QED) is 0.365. The van der Waals surface area contributed by atoms with Crippen molar-refractivity contribution in [3.8, 4) is 0 Å². The Bertz CT molecular complexity index is 67.3. The van der Waals surface area contributed by atoms with E-state index in [0.29, 0.717) is 0 Å². The smallest absolute Gasteiger partial charge is 0.662 e. The second-order valence-corrected chi connectivity index (χ2v) is 3.03. The van der Waals surface area contributed by atoms with Crippen LogP contribution in [0.5, 0.6) is 0 Å². The molecule has 1 aliphatic heterocycles. The molecular formula is C7H14LiN. The molecule has 0 aromatic heterocycles. The fraction of sp³-hybridized carbons (Fsp3) is 1.00. The van der Waals surface area contributed by atoms with E-state index in [9.17, 15) is 0 Å². The van der Waals surface area contributed by atoms with Crippen LogP contribution in [0.25, 0.3) is 5.32 Å². The van der Waals surface area contributed by atoms with E-state index in [-0.39, 0.29) is 18.9 Å². The molecule has 9 heavy (non-hydrogen) atoms. The van der Waals surface area contributed by atoms with Crippen molar-refractivity contribution in [1.29, 1.82) is 0 Å². The number of rotatable bonds is 0. The standard InChI is InChI=1S/C7H14N.Li/c1-6-3-7(2)5-8-4-6;/h6-7H,3-5H2,1-2H3;/q-1;+1. The summed E-state index contributed by atoms with van der Waals surface area (Å²) in [6.07, 6.45) is 1.38. The van der Waals surface area contributed by atoms with Crippen molar-refractivity contribution < 1.29 is 18.9 Å². The minimum Gasteiger partial charge on any atom is -0.662 e. The summed E-state index contributed by atoms with van der Waals surface area (Å²) < 4.78 is 0. The van der Waals surface area contributed by atoms with E-state index in [0.717, 1.165) is 24.9 Å². The minimum absolute atomic E-state index is 0. The van der Waals surface area contributed by atoms with Crippen LogP contribution in [0.2, 0.25) is 0 Å². The summed E-state index contributed by atoms with van der Waals surface area (Å²) in [5.74, 6) is 1.69. The maximum Gasteiger partial charge on any atom is 1.00 e. The Balaban J connectivity index is 0.000000640. The molecule has 1 nitrogen and oxygen atoms in total. The van der Waals surface area contributed by atoms with E-state index in [1.807, 2.05) is 0 Å². The van der Waals surface area contributed by atoms with Crippen LogP contribution in [0.15, 0.2) is 0 Å². The third-order valence-corrected chi connectivity index (χ3v) is 1.69. The monoisotopic (exact) mass is 119 g/mol. The van der Waals surface area contributed by atoms with Gasteiger partial charge in [0.1, 0.15) is 0 Å². The summed E-state index contributed by atoms with van der Waals surface area (Å²) in [4.78, 5) is 0. The van der Waals surface area contributed by atoms with Gasteiger partial charge >= 0.3 is 18.9 Å². The summed E-state index contributed by atoms with van der Waals surface area (Å²) in [5.41, 5.74) is 0. The van der Waals surface area contributed by atoms with E-state index in [2.05, 4.69) is 19.2 Å². The van der Waals surface area contributed by atoms with Crippen molar-refractivity contribution in [2.24, 2.45) is 11.8 Å². The predicted molar refractivity (Wildman–Crippen MR) is 36.0 cm³/mol. The van der Waals surface area contributed by atoms with Crippen LogP contribution in [-0.2, 0) is 0 Å². The van der Waals surface area contributed by atoms with Gasteiger partial charge in [0, 0.05) is 0 Å². The molecule has 0 bridgehead atoms. The average Bonchev–Trinajstić information content (AvgIpc) is 1.64. The van der Waals surface area contributed by atoms with E-state index in [1.54, 1.807) is 0 Å². The van der Waals surface area contributed by atoms with E-state index >= 15 is 0 Å². The van der Waals surface area contributed by atoms with Gasteiger partial charge in [0.2, 0.25) is 0 Å². The topological polar surface area (TPSA) is 14.1 Å². The number of nitrogens with zero attached hydrogens (tertiary/aromatic N) is 1. The molecule has 0 radical (unpaired) electrons. The maximum absolute atomic E-state index is 4.34. The van der Waals surface area contributed by atoms with Crippen LogP contribution in [0.1, 0.15) is 20.3 Å². The molecule has 0 aromatic carbocycles. The molecule has 0 saturated carbocycles. The maximum atomic E-state index is 4.34. The molecule has 1 saturated heterocycles. The Morgan fingerprint density at radius 1 is 1.11 bits per heavy atom. The van der Waals surface area contributed by atoms with Crippen LogP contribution >= 0.6 is 0 Å². The zero-order valence-corrected chi connectivity index (χ0v) is 6.72. The normalized spacial score (nSPS) is 35.3. The zero-order chi connectivity index (χ0) is 5.98. The molecule has 0 spiro atoms. The molecule has 1 heterocycles. The summed E-state index contributed by atoms with van der Waals surface area (Å²) in [6, 6.07) is 0. The van der Waals surface area contributed by atoms with Gasteiger partial charge in [0.15, 0.2) is 0 Å². The second-order valence-electron chi connectivity index (χ2n) is 3.03. The minimum atomic E-state index is 0. The van der Waals surface area contributed by atoms with E-state index in [4.69, 9.17) is 0 Å². The van der Waals surface area contributed by atoms with Gasteiger partial charge in [0.25, 0.3) is 0 Å². The largest absolute Gasteiger partial charge is 1.00 e. The zero-order valence-electron chi connectivity index (χ0n) is 6.72. The molecular weight excluding hydrogens is 105 g/mol. The molecule has 2 heteroatoms. The molecule has 1 rings (SSSR count). The molecule has 48 valence electrons. The summed E-state index contributed by atoms with van der Waals surface area (Å²) in [6.45, 7) is 6.76. The molecule has 2 unspecified atom stereocenters. The SMILES string of the molecule is CC1C[N-]CC(C)C1.[Li+]. The molecule has 1 aliphatic rings. The molecule has 2 atom stereocenters. The number of hydrogen-bond donors (Lipinski definition) is 0. The van der Waals surface area contributed by atoms with Gasteiger partial charge in [-0.3, -0.25) is 0 Å². The molecule has 1 fully saturated rings. The van der Waals surface area contributed by atoms with E-state index < -0.39 is 0 Å². The Labute approximate surface area is 69.8 Å². The van der Waals surface area contributed by atoms with Gasteiger partial charge in [-0.15, -0.1) is 13.1 Å². The van der Waals surface area contributed by atoms with Crippen LogP contribution in [0, 0.1) is 11.8 Å². The number of piperidine rings is 1. The Morgan fingerprint density at radius 2 is 1.56 bits per heavy atom. The van der Waals surface area contributed by atoms with Gasteiger partial charge < -0.3 is 5.32 Å². The molecule has 0 amide bonds. The first-order valence-corrected chi connectivity index (χ1v) is 3.42. The van der Waals surface area contributed by atoms with Crippen LogP contribution < -0.4 is 18.9 Å². The van der Waals surface area contributed by atoms with Crippen LogP contribution in [0.3, 0.4) is 0 Å². The molecule has 0 N–H and O–H groups in total. The summed E-state index contributed by atoms with van der Waals surface area (Å²) in [5, 5.41) is 4.34.